The van der Waals surface area contributed by atoms with Crippen LogP contribution < -0.4 is 4.74 Å². The summed E-state index contributed by atoms with van der Waals surface area (Å²) in [7, 11) is 0. The predicted molar refractivity (Wildman–Crippen MR) is 112 cm³/mol. The highest BCUT2D eigenvalue weighted by molar-refractivity contribution is 6.08. The molecule has 29 heavy (non-hydrogen) atoms. The maximum Gasteiger partial charge on any atom is 0.193 e. The van der Waals surface area contributed by atoms with Gasteiger partial charge in [-0.1, -0.05) is 42.5 Å². The van der Waals surface area contributed by atoms with Crippen LogP contribution in [0.4, 0.5) is 0 Å². The Hall–Kier alpha value is -3.44. The lowest BCUT2D eigenvalue weighted by Crippen LogP contribution is -2.24. The normalized spacial score (nSPS) is 12.1. The van der Waals surface area contributed by atoms with E-state index in [1.807, 2.05) is 54.0 Å². The molecule has 0 bridgehead atoms. The molecule has 1 aromatic heterocycles. The molecule has 0 saturated heterocycles. The summed E-state index contributed by atoms with van der Waals surface area (Å²) in [5.74, 6) is 1.44. The van der Waals surface area contributed by atoms with Gasteiger partial charge >= 0.3 is 0 Å². The van der Waals surface area contributed by atoms with Crippen molar-refractivity contribution in [2.24, 2.45) is 0 Å². The number of ketones is 1. The number of ether oxygens (including phenoxy) is 1. The molecule has 1 heterocycles. The standard InChI is InChI=1S/C24H22N2O3/c1-17-25-22-9-5-6-10-23(22)26(17)15-20(27)16-29-21-13-11-19(12-14-21)24(28)18-7-3-2-4-8-18/h2-14,20,27H,15-16H2,1H3/t20-/m1/s1. The van der Waals surface area contributed by atoms with Crippen LogP contribution in [-0.2, 0) is 6.54 Å². The van der Waals surface area contributed by atoms with Gasteiger partial charge < -0.3 is 14.4 Å². The molecule has 0 spiro atoms. The van der Waals surface area contributed by atoms with E-state index in [1.165, 1.54) is 0 Å². The van der Waals surface area contributed by atoms with Crippen LogP contribution in [0, 0.1) is 6.92 Å². The maximum atomic E-state index is 12.5. The summed E-state index contributed by atoms with van der Waals surface area (Å²) in [5, 5.41) is 10.4. The minimum atomic E-state index is -0.683. The average Bonchev–Trinajstić information content (AvgIpc) is 3.08. The SMILES string of the molecule is Cc1nc2ccccc2n1C[C@@H](O)COc1ccc(C(=O)c2ccccc2)cc1. The van der Waals surface area contributed by atoms with E-state index in [9.17, 15) is 9.90 Å². The fourth-order valence-electron chi connectivity index (χ4n) is 3.34. The van der Waals surface area contributed by atoms with Crippen molar-refractivity contribution in [2.75, 3.05) is 6.61 Å². The van der Waals surface area contributed by atoms with Gasteiger partial charge in [0, 0.05) is 11.1 Å². The zero-order valence-electron chi connectivity index (χ0n) is 16.2. The van der Waals surface area contributed by atoms with Gasteiger partial charge in [-0.05, 0) is 43.3 Å². The highest BCUT2D eigenvalue weighted by Gasteiger charge is 2.13. The van der Waals surface area contributed by atoms with Crippen molar-refractivity contribution in [3.05, 3.63) is 95.8 Å². The summed E-state index contributed by atoms with van der Waals surface area (Å²) in [6.45, 7) is 2.48. The van der Waals surface area contributed by atoms with Crippen LogP contribution in [0.25, 0.3) is 11.0 Å². The molecular weight excluding hydrogens is 364 g/mol. The quantitative estimate of drug-likeness (QED) is 0.487. The summed E-state index contributed by atoms with van der Waals surface area (Å²) < 4.78 is 7.70. The lowest BCUT2D eigenvalue weighted by Gasteiger charge is -2.15. The number of aliphatic hydroxyl groups excluding tert-OH is 1. The molecule has 146 valence electrons. The molecule has 0 unspecified atom stereocenters. The van der Waals surface area contributed by atoms with E-state index in [2.05, 4.69) is 4.98 Å². The Balaban J connectivity index is 1.37. The Labute approximate surface area is 169 Å². The van der Waals surface area contributed by atoms with E-state index in [4.69, 9.17) is 4.74 Å². The molecule has 0 radical (unpaired) electrons. The molecule has 0 aliphatic heterocycles. The van der Waals surface area contributed by atoms with Crippen LogP contribution in [0.5, 0.6) is 5.75 Å². The molecule has 3 aromatic carbocycles. The lowest BCUT2D eigenvalue weighted by molar-refractivity contribution is 0.0928. The predicted octanol–water partition coefficient (Wildman–Crippen LogP) is 4.02. The van der Waals surface area contributed by atoms with Gasteiger partial charge in [0.15, 0.2) is 5.78 Å². The first-order valence-electron chi connectivity index (χ1n) is 9.54. The first-order chi connectivity index (χ1) is 14.1. The zero-order valence-corrected chi connectivity index (χ0v) is 16.2. The second kappa shape index (κ2) is 8.29. The molecule has 0 aliphatic carbocycles. The number of hydrogen-bond acceptors (Lipinski definition) is 4. The van der Waals surface area contributed by atoms with Crippen LogP contribution in [0.3, 0.4) is 0 Å². The van der Waals surface area contributed by atoms with Crippen molar-refractivity contribution in [2.45, 2.75) is 19.6 Å². The summed E-state index contributed by atoms with van der Waals surface area (Å²) in [4.78, 5) is 17.0. The zero-order chi connectivity index (χ0) is 20.2. The number of hydrogen-bond donors (Lipinski definition) is 1. The van der Waals surface area contributed by atoms with Gasteiger partial charge in [-0.25, -0.2) is 4.98 Å². The topological polar surface area (TPSA) is 64.3 Å². The molecule has 4 aromatic rings. The third-order valence-electron chi connectivity index (χ3n) is 4.83. The Morgan fingerprint density at radius 2 is 1.62 bits per heavy atom. The number of imidazole rings is 1. The van der Waals surface area contributed by atoms with Crippen LogP contribution in [0.1, 0.15) is 21.7 Å². The molecule has 0 amide bonds. The number of rotatable bonds is 7. The van der Waals surface area contributed by atoms with Crippen molar-refractivity contribution >= 4 is 16.8 Å². The van der Waals surface area contributed by atoms with Gasteiger partial charge in [0.05, 0.1) is 17.6 Å². The average molecular weight is 386 g/mol. The van der Waals surface area contributed by atoms with Crippen LogP contribution >= 0.6 is 0 Å². The van der Waals surface area contributed by atoms with E-state index < -0.39 is 6.10 Å². The van der Waals surface area contributed by atoms with Crippen molar-refractivity contribution in [3.63, 3.8) is 0 Å². The van der Waals surface area contributed by atoms with Gasteiger partial charge in [0.2, 0.25) is 0 Å². The Kier molecular flexibility index (Phi) is 5.40. The Morgan fingerprint density at radius 1 is 0.966 bits per heavy atom. The molecule has 4 rings (SSSR count). The third kappa shape index (κ3) is 4.20. The molecule has 1 N–H and O–H groups in total. The van der Waals surface area contributed by atoms with Crippen LogP contribution in [-0.4, -0.2) is 33.2 Å². The third-order valence-corrected chi connectivity index (χ3v) is 4.83. The van der Waals surface area contributed by atoms with Crippen LogP contribution in [0.2, 0.25) is 0 Å². The molecule has 5 nitrogen and oxygen atoms in total. The molecule has 0 saturated carbocycles. The number of benzene rings is 3. The number of aromatic nitrogens is 2. The minimum Gasteiger partial charge on any atom is -0.491 e. The van der Waals surface area contributed by atoms with E-state index in [-0.39, 0.29) is 12.4 Å². The molecule has 0 fully saturated rings. The number of nitrogens with zero attached hydrogens (tertiary/aromatic N) is 2. The largest absolute Gasteiger partial charge is 0.491 e. The second-order valence-corrected chi connectivity index (χ2v) is 6.94. The highest BCUT2D eigenvalue weighted by atomic mass is 16.5. The smallest absolute Gasteiger partial charge is 0.193 e. The van der Waals surface area contributed by atoms with Crippen molar-refractivity contribution in [1.29, 1.82) is 0 Å². The van der Waals surface area contributed by atoms with Crippen molar-refractivity contribution in [3.8, 4) is 5.75 Å². The number of carbonyl (C=O) groups is 1. The molecule has 5 heteroatoms. The van der Waals surface area contributed by atoms with Gasteiger partial charge in [0.25, 0.3) is 0 Å². The van der Waals surface area contributed by atoms with Gasteiger partial charge in [-0.2, -0.15) is 0 Å². The fourth-order valence-corrected chi connectivity index (χ4v) is 3.34. The number of aliphatic hydroxyl groups is 1. The maximum absolute atomic E-state index is 12.5. The highest BCUT2D eigenvalue weighted by Crippen LogP contribution is 2.18. The molecular formula is C24H22N2O3. The Morgan fingerprint density at radius 3 is 2.38 bits per heavy atom. The van der Waals surface area contributed by atoms with E-state index >= 15 is 0 Å². The summed E-state index contributed by atoms with van der Waals surface area (Å²) in [6.07, 6.45) is -0.683. The first kappa shape index (κ1) is 18.9. The van der Waals surface area contributed by atoms with Crippen molar-refractivity contribution in [1.82, 2.24) is 9.55 Å². The first-order valence-corrected chi connectivity index (χ1v) is 9.54. The number of fused-ring (bicyclic) bond motifs is 1. The van der Waals surface area contributed by atoms with Crippen LogP contribution in [0.15, 0.2) is 78.9 Å². The van der Waals surface area contributed by atoms with Gasteiger partial charge in [0.1, 0.15) is 24.3 Å². The second-order valence-electron chi connectivity index (χ2n) is 6.94. The Bertz CT molecular complexity index is 1120. The lowest BCUT2D eigenvalue weighted by atomic mass is 10.0. The van der Waals surface area contributed by atoms with Crippen molar-refractivity contribution < 1.29 is 14.6 Å². The summed E-state index contributed by atoms with van der Waals surface area (Å²) in [5.41, 5.74) is 3.16. The number of aryl methyl sites for hydroxylation is 1. The minimum absolute atomic E-state index is 0.0281. The molecule has 0 aliphatic rings. The van der Waals surface area contributed by atoms with Gasteiger partial charge in [-0.15, -0.1) is 0 Å². The van der Waals surface area contributed by atoms with E-state index in [0.29, 0.717) is 23.4 Å². The number of carbonyl (C=O) groups excluding carboxylic acids is 1. The van der Waals surface area contributed by atoms with E-state index in [0.717, 1.165) is 16.9 Å². The number of para-hydroxylation sites is 2. The monoisotopic (exact) mass is 386 g/mol. The molecule has 1 atom stereocenters. The fraction of sp³-hybridized carbons (Fsp3) is 0.167. The van der Waals surface area contributed by atoms with Gasteiger partial charge in [-0.3, -0.25) is 4.79 Å². The summed E-state index contributed by atoms with van der Waals surface area (Å²) in [6, 6.07) is 24.0. The summed E-state index contributed by atoms with van der Waals surface area (Å²) >= 11 is 0. The van der Waals surface area contributed by atoms with E-state index in [1.54, 1.807) is 36.4 Å².